The highest BCUT2D eigenvalue weighted by Crippen LogP contribution is 2.32. The van der Waals surface area contributed by atoms with Crippen LogP contribution in [0.1, 0.15) is 5.82 Å². The number of nitrogen functional groups attached to an aromatic ring is 1. The first-order valence-corrected chi connectivity index (χ1v) is 10.4. The van der Waals surface area contributed by atoms with Crippen LogP contribution in [0.3, 0.4) is 0 Å². The minimum Gasteiger partial charge on any atom is -0.486 e. The average molecular weight is 424 g/mol. The number of hydrogen-bond donors (Lipinski definition) is 3. The topological polar surface area (TPSA) is 124 Å². The summed E-state index contributed by atoms with van der Waals surface area (Å²) in [6.45, 7) is 1.02. The quantitative estimate of drug-likeness (QED) is 0.525. The Labute approximate surface area is 177 Å². The third kappa shape index (κ3) is 5.29. The van der Waals surface area contributed by atoms with E-state index in [1.54, 1.807) is 18.2 Å². The Balaban J connectivity index is 1.30. The van der Waals surface area contributed by atoms with Gasteiger partial charge in [0.15, 0.2) is 11.5 Å². The normalized spacial score (nSPS) is 12.3. The van der Waals surface area contributed by atoms with Crippen molar-refractivity contribution in [3.8, 4) is 11.5 Å². The average Bonchev–Trinajstić information content (AvgIpc) is 2.74. The summed E-state index contributed by atoms with van der Waals surface area (Å²) >= 11 is 1.38. The van der Waals surface area contributed by atoms with E-state index < -0.39 is 0 Å². The zero-order chi connectivity index (χ0) is 20.8. The summed E-state index contributed by atoms with van der Waals surface area (Å²) in [5.41, 5.74) is 7.29. The van der Waals surface area contributed by atoms with Crippen LogP contribution in [0, 0.1) is 0 Å². The van der Waals surface area contributed by atoms with Crippen molar-refractivity contribution in [1.82, 2.24) is 15.0 Å². The fourth-order valence-corrected chi connectivity index (χ4v) is 3.43. The Morgan fingerprint density at radius 1 is 1.00 bits per heavy atom. The first kappa shape index (κ1) is 19.8. The number of nitrogens with one attached hydrogen (secondary N) is 2. The van der Waals surface area contributed by atoms with Crippen molar-refractivity contribution in [2.45, 2.75) is 5.75 Å². The van der Waals surface area contributed by atoms with Gasteiger partial charge in [-0.3, -0.25) is 4.79 Å². The molecular formula is C20H20N6O3S. The van der Waals surface area contributed by atoms with Crippen molar-refractivity contribution in [2.24, 2.45) is 0 Å². The van der Waals surface area contributed by atoms with E-state index in [2.05, 4.69) is 25.6 Å². The fraction of sp³-hybridized carbons (Fsp3) is 0.200. The summed E-state index contributed by atoms with van der Waals surface area (Å²) in [5.74, 6) is 2.82. The van der Waals surface area contributed by atoms with E-state index in [1.807, 2.05) is 30.3 Å². The van der Waals surface area contributed by atoms with Crippen LogP contribution in [-0.2, 0) is 10.5 Å². The zero-order valence-corrected chi connectivity index (χ0v) is 16.8. The molecule has 1 amide bonds. The summed E-state index contributed by atoms with van der Waals surface area (Å²) < 4.78 is 11.0. The summed E-state index contributed by atoms with van der Waals surface area (Å²) in [6, 6.07) is 14.9. The van der Waals surface area contributed by atoms with Crippen LogP contribution in [0.15, 0.2) is 48.5 Å². The smallest absolute Gasteiger partial charge is 0.234 e. The Morgan fingerprint density at radius 2 is 1.80 bits per heavy atom. The van der Waals surface area contributed by atoms with E-state index >= 15 is 0 Å². The lowest BCUT2D eigenvalue weighted by atomic mass is 10.2. The Morgan fingerprint density at radius 3 is 2.63 bits per heavy atom. The molecule has 0 unspecified atom stereocenters. The van der Waals surface area contributed by atoms with Crippen LogP contribution in [-0.4, -0.2) is 39.8 Å². The molecule has 1 aromatic heterocycles. The molecule has 1 aliphatic heterocycles. The largest absolute Gasteiger partial charge is 0.486 e. The van der Waals surface area contributed by atoms with Gasteiger partial charge in [0.2, 0.25) is 17.8 Å². The molecule has 2 aromatic carbocycles. The van der Waals surface area contributed by atoms with E-state index in [1.165, 1.54) is 11.8 Å². The number of para-hydroxylation sites is 1. The van der Waals surface area contributed by atoms with Crippen molar-refractivity contribution in [2.75, 3.05) is 35.3 Å². The van der Waals surface area contributed by atoms with Gasteiger partial charge in [-0.05, 0) is 24.3 Å². The highest BCUT2D eigenvalue weighted by Gasteiger charge is 2.13. The second kappa shape index (κ2) is 9.31. The van der Waals surface area contributed by atoms with Crippen LogP contribution < -0.4 is 25.8 Å². The number of amides is 1. The number of ether oxygens (including phenoxy) is 2. The second-order valence-electron chi connectivity index (χ2n) is 6.32. The van der Waals surface area contributed by atoms with Crippen LogP contribution in [0.4, 0.5) is 23.3 Å². The number of fused-ring (bicyclic) bond motifs is 1. The molecule has 154 valence electrons. The third-order valence-electron chi connectivity index (χ3n) is 4.02. The van der Waals surface area contributed by atoms with E-state index in [0.717, 1.165) is 5.69 Å². The van der Waals surface area contributed by atoms with Crippen molar-refractivity contribution in [3.63, 3.8) is 0 Å². The molecule has 2 heterocycles. The number of carbonyl (C=O) groups is 1. The molecule has 3 aromatic rings. The van der Waals surface area contributed by atoms with Crippen molar-refractivity contribution >= 4 is 40.9 Å². The lowest BCUT2D eigenvalue weighted by Crippen LogP contribution is -2.17. The maximum absolute atomic E-state index is 12.3. The van der Waals surface area contributed by atoms with Crippen molar-refractivity contribution in [3.05, 3.63) is 54.4 Å². The molecule has 0 fully saturated rings. The first-order valence-electron chi connectivity index (χ1n) is 9.25. The number of nitrogens with two attached hydrogens (primary N) is 1. The van der Waals surface area contributed by atoms with Gasteiger partial charge in [-0.2, -0.15) is 15.0 Å². The maximum Gasteiger partial charge on any atom is 0.234 e. The number of rotatable bonds is 7. The summed E-state index contributed by atoms with van der Waals surface area (Å²) in [5, 5.41) is 5.94. The number of anilines is 4. The third-order valence-corrected chi connectivity index (χ3v) is 4.95. The van der Waals surface area contributed by atoms with E-state index in [-0.39, 0.29) is 17.6 Å². The lowest BCUT2D eigenvalue weighted by Gasteiger charge is -2.19. The molecule has 10 heteroatoms. The summed E-state index contributed by atoms with van der Waals surface area (Å²) in [7, 11) is 0. The number of carbonyl (C=O) groups excluding carboxylic acids is 1. The molecule has 4 N–H and O–H groups in total. The van der Waals surface area contributed by atoms with Gasteiger partial charge in [0.1, 0.15) is 19.0 Å². The molecule has 9 nitrogen and oxygen atoms in total. The number of aromatic nitrogens is 3. The van der Waals surface area contributed by atoms with Gasteiger partial charge >= 0.3 is 0 Å². The van der Waals surface area contributed by atoms with Crippen LogP contribution in [0.2, 0.25) is 0 Å². The Bertz CT molecular complexity index is 1030. The fourth-order valence-electron chi connectivity index (χ4n) is 2.76. The van der Waals surface area contributed by atoms with E-state index in [4.69, 9.17) is 15.2 Å². The van der Waals surface area contributed by atoms with E-state index in [0.29, 0.717) is 47.9 Å². The SMILES string of the molecule is Nc1nc(CSCC(=O)Nc2ccc3c(c2)OCCO3)nc(Nc2ccccc2)n1. The molecule has 0 saturated carbocycles. The van der Waals surface area contributed by atoms with Crippen molar-refractivity contribution in [1.29, 1.82) is 0 Å². The zero-order valence-electron chi connectivity index (χ0n) is 16.0. The Hall–Kier alpha value is -3.53. The minimum atomic E-state index is -0.138. The highest BCUT2D eigenvalue weighted by molar-refractivity contribution is 7.99. The van der Waals surface area contributed by atoms with Gasteiger partial charge in [-0.1, -0.05) is 18.2 Å². The standard InChI is InChI=1S/C20H20N6O3S/c21-19-24-17(25-20(26-19)23-13-4-2-1-3-5-13)11-30-12-18(27)22-14-6-7-15-16(10-14)29-9-8-28-15/h1-7,10H,8-9,11-12H2,(H,22,27)(H3,21,23,24,25,26). The van der Waals surface area contributed by atoms with Crippen LogP contribution in [0.5, 0.6) is 11.5 Å². The molecule has 0 bridgehead atoms. The highest BCUT2D eigenvalue weighted by atomic mass is 32.2. The molecule has 0 aliphatic carbocycles. The number of benzene rings is 2. The van der Waals surface area contributed by atoms with Crippen LogP contribution in [0.25, 0.3) is 0 Å². The molecule has 0 atom stereocenters. The summed E-state index contributed by atoms with van der Waals surface area (Å²) in [4.78, 5) is 24.8. The predicted octanol–water partition coefficient (Wildman–Crippen LogP) is 2.84. The maximum atomic E-state index is 12.3. The lowest BCUT2D eigenvalue weighted by molar-refractivity contribution is -0.113. The summed E-state index contributed by atoms with van der Waals surface area (Å²) in [6.07, 6.45) is 0. The van der Waals surface area contributed by atoms with Gasteiger partial charge in [0.25, 0.3) is 0 Å². The van der Waals surface area contributed by atoms with Crippen LogP contribution >= 0.6 is 11.8 Å². The van der Waals surface area contributed by atoms with Gasteiger partial charge in [-0.25, -0.2) is 0 Å². The van der Waals surface area contributed by atoms with Gasteiger partial charge in [-0.15, -0.1) is 11.8 Å². The van der Waals surface area contributed by atoms with Gasteiger partial charge < -0.3 is 25.8 Å². The Kier molecular flexibility index (Phi) is 6.14. The minimum absolute atomic E-state index is 0.125. The van der Waals surface area contributed by atoms with Gasteiger partial charge in [0, 0.05) is 17.4 Å². The number of thioether (sulfide) groups is 1. The number of hydrogen-bond acceptors (Lipinski definition) is 9. The van der Waals surface area contributed by atoms with Gasteiger partial charge in [0.05, 0.1) is 11.5 Å². The first-order chi connectivity index (χ1) is 14.7. The molecule has 0 spiro atoms. The predicted molar refractivity (Wildman–Crippen MR) is 116 cm³/mol. The van der Waals surface area contributed by atoms with Crippen molar-refractivity contribution < 1.29 is 14.3 Å². The number of nitrogens with zero attached hydrogens (tertiary/aromatic N) is 3. The molecule has 4 rings (SSSR count). The second-order valence-corrected chi connectivity index (χ2v) is 7.31. The monoisotopic (exact) mass is 424 g/mol. The molecule has 1 aliphatic rings. The van der Waals surface area contributed by atoms with E-state index in [9.17, 15) is 4.79 Å². The molecule has 0 radical (unpaired) electrons. The molecular weight excluding hydrogens is 404 g/mol. The molecule has 0 saturated heterocycles. The molecule has 30 heavy (non-hydrogen) atoms.